The molecule has 12 heteroatoms. The Bertz CT molecular complexity index is 1550. The molecule has 244 valence electrons. The molecule has 0 unspecified atom stereocenters. The van der Waals surface area contributed by atoms with E-state index in [-0.39, 0.29) is 17.9 Å². The quantitative estimate of drug-likeness (QED) is 0.231. The number of rotatable bonds is 11. The zero-order valence-electron chi connectivity index (χ0n) is 26.1. The smallest absolute Gasteiger partial charge is 0.240 e. The summed E-state index contributed by atoms with van der Waals surface area (Å²) in [7, 11) is 0. The van der Waals surface area contributed by atoms with Crippen molar-refractivity contribution in [2.24, 2.45) is 5.41 Å². The van der Waals surface area contributed by atoms with Crippen LogP contribution in [-0.2, 0) is 14.3 Å². The first-order valence-corrected chi connectivity index (χ1v) is 16.5. The van der Waals surface area contributed by atoms with Crippen LogP contribution in [0.5, 0.6) is 28.9 Å². The molecule has 0 atom stereocenters. The second-order valence-corrected chi connectivity index (χ2v) is 12.4. The van der Waals surface area contributed by atoms with E-state index in [1.807, 2.05) is 6.07 Å². The Labute approximate surface area is 268 Å². The van der Waals surface area contributed by atoms with Crippen molar-refractivity contribution in [2.75, 3.05) is 58.0 Å². The SMILES string of the molecule is O=C(Nc1ccc(Oc2ncnc3cc(OCCCN4CCOCC4)c4c(c23)OCCO4)cc1)C1(C(=O)NC2CCCCC2)CC1. The van der Waals surface area contributed by atoms with Gasteiger partial charge < -0.3 is 34.3 Å². The number of anilines is 1. The fraction of sp³-hybridized carbons (Fsp3) is 0.529. The molecule has 2 aromatic carbocycles. The van der Waals surface area contributed by atoms with Crippen LogP contribution in [0.3, 0.4) is 0 Å². The minimum absolute atomic E-state index is 0.149. The number of aromatic nitrogens is 2. The second kappa shape index (κ2) is 13.7. The number of ether oxygens (including phenoxy) is 5. The van der Waals surface area contributed by atoms with E-state index in [9.17, 15) is 9.59 Å². The summed E-state index contributed by atoms with van der Waals surface area (Å²) in [5.74, 6) is 2.01. The van der Waals surface area contributed by atoms with Gasteiger partial charge in [0.05, 0.1) is 25.3 Å². The Hall–Kier alpha value is -4.16. The fourth-order valence-corrected chi connectivity index (χ4v) is 6.38. The maximum atomic E-state index is 13.2. The summed E-state index contributed by atoms with van der Waals surface area (Å²) >= 11 is 0. The summed E-state index contributed by atoms with van der Waals surface area (Å²) in [4.78, 5) is 37.4. The molecule has 4 aliphatic rings. The van der Waals surface area contributed by atoms with E-state index in [0.29, 0.717) is 78.1 Å². The summed E-state index contributed by atoms with van der Waals surface area (Å²) in [6, 6.07) is 9.02. The molecular formula is C34H41N5O7. The standard InChI is InChI=1S/C34H41N5O7/c40-32(37-23-5-2-1-3-6-23)34(11-12-34)33(41)38-24-7-9-25(10-8-24)46-31-28-26(35-22-36-31)21-27(29-30(28)45-20-19-44-29)43-16-4-13-39-14-17-42-18-15-39/h7-10,21-23H,1-6,11-20H2,(H,37,40)(H,38,41). The second-order valence-electron chi connectivity index (χ2n) is 12.4. The van der Waals surface area contributed by atoms with Gasteiger partial charge in [-0.05, 0) is 56.4 Å². The maximum absolute atomic E-state index is 13.2. The monoisotopic (exact) mass is 631 g/mol. The van der Waals surface area contributed by atoms with E-state index < -0.39 is 5.41 Å². The molecule has 2 aliphatic carbocycles. The maximum Gasteiger partial charge on any atom is 0.240 e. The fourth-order valence-electron chi connectivity index (χ4n) is 6.38. The van der Waals surface area contributed by atoms with Crippen molar-refractivity contribution in [1.29, 1.82) is 0 Å². The third-order valence-corrected chi connectivity index (χ3v) is 9.21. The Kier molecular flexibility index (Phi) is 9.07. The van der Waals surface area contributed by atoms with Gasteiger partial charge in [-0.15, -0.1) is 0 Å². The van der Waals surface area contributed by atoms with Gasteiger partial charge in [-0.2, -0.15) is 0 Å². The Balaban J connectivity index is 1.01. The molecule has 3 heterocycles. The average Bonchev–Trinajstić information content (AvgIpc) is 3.91. The summed E-state index contributed by atoms with van der Waals surface area (Å²) < 4.78 is 29.9. The van der Waals surface area contributed by atoms with E-state index >= 15 is 0 Å². The summed E-state index contributed by atoms with van der Waals surface area (Å²) in [6.07, 6.45) is 8.87. The first-order valence-electron chi connectivity index (χ1n) is 16.5. The van der Waals surface area contributed by atoms with Crippen LogP contribution in [0.2, 0.25) is 0 Å². The van der Waals surface area contributed by atoms with Crippen LogP contribution in [0.15, 0.2) is 36.7 Å². The molecule has 0 bridgehead atoms. The van der Waals surface area contributed by atoms with Crippen molar-refractivity contribution < 1.29 is 33.3 Å². The molecular weight excluding hydrogens is 590 g/mol. The highest BCUT2D eigenvalue weighted by Gasteiger charge is 2.56. The van der Waals surface area contributed by atoms with Gasteiger partial charge in [0.2, 0.25) is 23.4 Å². The number of fused-ring (bicyclic) bond motifs is 3. The predicted octanol–water partition coefficient (Wildman–Crippen LogP) is 4.46. The average molecular weight is 632 g/mol. The number of benzene rings is 2. The van der Waals surface area contributed by atoms with Crippen molar-refractivity contribution in [3.05, 3.63) is 36.7 Å². The number of morpholine rings is 1. The highest BCUT2D eigenvalue weighted by Crippen LogP contribution is 2.49. The molecule has 2 saturated carbocycles. The van der Waals surface area contributed by atoms with Gasteiger partial charge in [0.1, 0.15) is 36.1 Å². The zero-order valence-corrected chi connectivity index (χ0v) is 26.1. The molecule has 2 aliphatic heterocycles. The Morgan fingerprint density at radius 1 is 0.935 bits per heavy atom. The number of nitrogens with zero attached hydrogens (tertiary/aromatic N) is 3. The van der Waals surface area contributed by atoms with Gasteiger partial charge in [-0.3, -0.25) is 14.5 Å². The lowest BCUT2D eigenvalue weighted by molar-refractivity contribution is -0.135. The number of hydrogen-bond acceptors (Lipinski definition) is 10. The predicted molar refractivity (Wildman–Crippen MR) is 170 cm³/mol. The molecule has 3 fully saturated rings. The minimum Gasteiger partial charge on any atom is -0.489 e. The van der Waals surface area contributed by atoms with Crippen molar-refractivity contribution in [2.45, 2.75) is 57.4 Å². The third-order valence-electron chi connectivity index (χ3n) is 9.21. The van der Waals surface area contributed by atoms with E-state index in [0.717, 1.165) is 65.0 Å². The molecule has 46 heavy (non-hydrogen) atoms. The molecule has 2 N–H and O–H groups in total. The van der Waals surface area contributed by atoms with Crippen molar-refractivity contribution in [3.63, 3.8) is 0 Å². The molecule has 3 aromatic rings. The van der Waals surface area contributed by atoms with Crippen LogP contribution >= 0.6 is 0 Å². The van der Waals surface area contributed by atoms with Crippen LogP contribution in [-0.4, -0.2) is 85.4 Å². The topological polar surface area (TPSA) is 133 Å². The number of carbonyl (C=O) groups excluding carboxylic acids is 2. The van der Waals surface area contributed by atoms with Crippen molar-refractivity contribution in [3.8, 4) is 28.9 Å². The molecule has 7 rings (SSSR count). The largest absolute Gasteiger partial charge is 0.489 e. The summed E-state index contributed by atoms with van der Waals surface area (Å²) in [5.41, 5.74) is 0.229. The number of nitrogens with one attached hydrogen (secondary N) is 2. The van der Waals surface area contributed by atoms with Gasteiger partial charge in [0, 0.05) is 37.4 Å². The van der Waals surface area contributed by atoms with Gasteiger partial charge in [0.15, 0.2) is 11.5 Å². The highest BCUT2D eigenvalue weighted by atomic mass is 16.6. The molecule has 0 spiro atoms. The van der Waals surface area contributed by atoms with Crippen molar-refractivity contribution in [1.82, 2.24) is 20.2 Å². The first kappa shape index (κ1) is 30.5. The molecule has 12 nitrogen and oxygen atoms in total. The number of hydrogen-bond donors (Lipinski definition) is 2. The molecule has 0 radical (unpaired) electrons. The molecule has 1 saturated heterocycles. The first-order chi connectivity index (χ1) is 22.6. The molecule has 2 amide bonds. The van der Waals surface area contributed by atoms with Gasteiger partial charge in [-0.1, -0.05) is 19.3 Å². The lowest BCUT2D eigenvalue weighted by Gasteiger charge is -2.26. The number of carbonyl (C=O) groups is 2. The van der Waals surface area contributed by atoms with Gasteiger partial charge in [0.25, 0.3) is 0 Å². The van der Waals surface area contributed by atoms with E-state index in [4.69, 9.17) is 23.7 Å². The lowest BCUT2D eigenvalue weighted by Crippen LogP contribution is -2.45. The normalized spacial score (nSPS) is 19.3. The highest BCUT2D eigenvalue weighted by molar-refractivity contribution is 6.13. The number of amides is 2. The van der Waals surface area contributed by atoms with Crippen LogP contribution in [0.25, 0.3) is 10.9 Å². The minimum atomic E-state index is -0.973. The van der Waals surface area contributed by atoms with Gasteiger partial charge in [-0.25, -0.2) is 9.97 Å². The van der Waals surface area contributed by atoms with Crippen LogP contribution in [0.1, 0.15) is 51.4 Å². The lowest BCUT2D eigenvalue weighted by atomic mass is 9.94. The third kappa shape index (κ3) is 6.68. The zero-order chi connectivity index (χ0) is 31.3. The van der Waals surface area contributed by atoms with Gasteiger partial charge >= 0.3 is 0 Å². The van der Waals surface area contributed by atoms with E-state index in [2.05, 4.69) is 25.5 Å². The summed E-state index contributed by atoms with van der Waals surface area (Å²) in [5, 5.41) is 6.65. The van der Waals surface area contributed by atoms with E-state index in [1.165, 1.54) is 12.7 Å². The van der Waals surface area contributed by atoms with Crippen LogP contribution in [0.4, 0.5) is 5.69 Å². The Morgan fingerprint density at radius 3 is 2.46 bits per heavy atom. The van der Waals surface area contributed by atoms with Crippen LogP contribution < -0.4 is 29.6 Å². The van der Waals surface area contributed by atoms with E-state index in [1.54, 1.807) is 24.3 Å². The summed E-state index contributed by atoms with van der Waals surface area (Å²) in [6.45, 7) is 5.69. The van der Waals surface area contributed by atoms with Crippen LogP contribution in [0, 0.1) is 5.41 Å². The molecule has 1 aromatic heterocycles. The Morgan fingerprint density at radius 2 is 1.70 bits per heavy atom. The van der Waals surface area contributed by atoms with Crippen molar-refractivity contribution >= 4 is 28.4 Å².